The van der Waals surface area contributed by atoms with Crippen LogP contribution in [-0.4, -0.2) is 22.3 Å². The molecule has 2 nitrogen and oxygen atoms in total. The van der Waals surface area contributed by atoms with Crippen LogP contribution in [0, 0.1) is 0 Å². The van der Waals surface area contributed by atoms with Gasteiger partial charge in [0.1, 0.15) is 0 Å². The molecule has 2 unspecified atom stereocenters. The van der Waals surface area contributed by atoms with Gasteiger partial charge in [-0.3, -0.25) is 4.21 Å². The van der Waals surface area contributed by atoms with E-state index in [4.69, 9.17) is 0 Å². The quantitative estimate of drug-likeness (QED) is 0.746. The molecule has 0 aromatic heterocycles. The van der Waals surface area contributed by atoms with Crippen LogP contribution in [0.4, 0.5) is 0 Å². The van der Waals surface area contributed by atoms with E-state index in [9.17, 15) is 4.21 Å². The minimum atomic E-state index is -0.729. The monoisotopic (exact) mass is 295 g/mol. The highest BCUT2D eigenvalue weighted by Gasteiger charge is 2.14. The van der Waals surface area contributed by atoms with Crippen LogP contribution in [0.3, 0.4) is 0 Å². The van der Waals surface area contributed by atoms with Crippen molar-refractivity contribution in [2.45, 2.75) is 52.5 Å². The molecular weight excluding hydrogens is 266 g/mol. The van der Waals surface area contributed by atoms with Crippen molar-refractivity contribution in [1.29, 1.82) is 0 Å². The summed E-state index contributed by atoms with van der Waals surface area (Å²) in [5.41, 5.74) is 2.61. The molecule has 2 atom stereocenters. The third-order valence-electron chi connectivity index (χ3n) is 3.53. The van der Waals surface area contributed by atoms with E-state index < -0.39 is 10.8 Å². The number of rotatable bonds is 9. The van der Waals surface area contributed by atoms with Gasteiger partial charge in [-0.2, -0.15) is 0 Å². The van der Waals surface area contributed by atoms with Crippen molar-refractivity contribution in [1.82, 2.24) is 5.32 Å². The van der Waals surface area contributed by atoms with Crippen LogP contribution in [0.5, 0.6) is 0 Å². The molecule has 0 bridgehead atoms. The lowest BCUT2D eigenvalue weighted by atomic mass is 9.99. The van der Waals surface area contributed by atoms with Gasteiger partial charge < -0.3 is 5.32 Å². The smallest absolute Gasteiger partial charge is 0.0436 e. The number of hydrogen-bond acceptors (Lipinski definition) is 2. The Balaban J connectivity index is 2.71. The molecule has 0 saturated carbocycles. The molecule has 20 heavy (non-hydrogen) atoms. The van der Waals surface area contributed by atoms with Crippen molar-refractivity contribution < 1.29 is 4.21 Å². The van der Waals surface area contributed by atoms with Crippen LogP contribution in [-0.2, 0) is 10.8 Å². The predicted molar refractivity (Wildman–Crippen MR) is 89.7 cm³/mol. The molecule has 0 aliphatic heterocycles. The van der Waals surface area contributed by atoms with E-state index in [-0.39, 0.29) is 6.04 Å². The lowest BCUT2D eigenvalue weighted by molar-refractivity contribution is 0.593. The molecule has 0 aliphatic carbocycles. The highest BCUT2D eigenvalue weighted by molar-refractivity contribution is 7.85. The Morgan fingerprint density at radius 3 is 2.20 bits per heavy atom. The minimum Gasteiger partial charge on any atom is -0.309 e. The molecule has 0 amide bonds. The highest BCUT2D eigenvalue weighted by atomic mass is 32.2. The van der Waals surface area contributed by atoms with Crippen LogP contribution in [0.25, 0.3) is 0 Å². The van der Waals surface area contributed by atoms with Crippen LogP contribution < -0.4 is 5.32 Å². The normalized spacial score (nSPS) is 14.4. The third-order valence-corrected chi connectivity index (χ3v) is 4.98. The summed E-state index contributed by atoms with van der Waals surface area (Å²) in [6.45, 7) is 9.56. The van der Waals surface area contributed by atoms with E-state index in [1.807, 2.05) is 0 Å². The van der Waals surface area contributed by atoms with Gasteiger partial charge in [-0.1, -0.05) is 58.4 Å². The molecule has 0 heterocycles. The summed E-state index contributed by atoms with van der Waals surface area (Å²) in [5, 5.41) is 3.46. The van der Waals surface area contributed by atoms with Crippen molar-refractivity contribution in [3.8, 4) is 0 Å². The molecule has 0 radical (unpaired) electrons. The maximum atomic E-state index is 12.1. The molecule has 1 aromatic carbocycles. The lowest BCUT2D eigenvalue weighted by Gasteiger charge is -2.19. The summed E-state index contributed by atoms with van der Waals surface area (Å²) < 4.78 is 12.1. The largest absolute Gasteiger partial charge is 0.309 e. The minimum absolute atomic E-state index is 0.207. The van der Waals surface area contributed by atoms with E-state index >= 15 is 0 Å². The Morgan fingerprint density at radius 2 is 1.70 bits per heavy atom. The maximum Gasteiger partial charge on any atom is 0.0436 e. The van der Waals surface area contributed by atoms with E-state index in [0.29, 0.717) is 5.92 Å². The standard InChI is InChI=1S/C17H29NOS/c1-5-7-12-20(19)13-17(18-6-2)16-10-8-15(9-11-16)14(3)4/h8-11,14,17-18H,5-7,12-13H2,1-4H3. The molecule has 1 aromatic rings. The summed E-state index contributed by atoms with van der Waals surface area (Å²) in [7, 11) is -0.729. The Hall–Kier alpha value is -0.670. The number of unbranched alkanes of at least 4 members (excludes halogenated alkanes) is 1. The molecule has 1 N–H and O–H groups in total. The van der Waals surface area contributed by atoms with Gasteiger partial charge in [-0.25, -0.2) is 0 Å². The molecule has 0 fully saturated rings. The van der Waals surface area contributed by atoms with Gasteiger partial charge in [0.2, 0.25) is 0 Å². The van der Waals surface area contributed by atoms with Crippen LogP contribution >= 0.6 is 0 Å². The van der Waals surface area contributed by atoms with Gasteiger partial charge in [-0.15, -0.1) is 0 Å². The number of benzene rings is 1. The molecule has 0 saturated heterocycles. The van der Waals surface area contributed by atoms with Crippen LogP contribution in [0.2, 0.25) is 0 Å². The first-order chi connectivity index (χ1) is 9.58. The second-order valence-electron chi connectivity index (χ2n) is 5.60. The van der Waals surface area contributed by atoms with Gasteiger partial charge >= 0.3 is 0 Å². The zero-order valence-electron chi connectivity index (χ0n) is 13.3. The zero-order valence-corrected chi connectivity index (χ0v) is 14.1. The average Bonchev–Trinajstić information content (AvgIpc) is 2.44. The summed E-state index contributed by atoms with van der Waals surface area (Å²) in [4.78, 5) is 0. The van der Waals surface area contributed by atoms with Crippen LogP contribution in [0.15, 0.2) is 24.3 Å². The SMILES string of the molecule is CCCCS(=O)CC(NCC)c1ccc(C(C)C)cc1. The first kappa shape index (κ1) is 17.4. The number of hydrogen-bond donors (Lipinski definition) is 1. The fourth-order valence-corrected chi connectivity index (χ4v) is 3.67. The summed E-state index contributed by atoms with van der Waals surface area (Å²) in [6, 6.07) is 8.96. The second-order valence-corrected chi connectivity index (χ2v) is 7.22. The average molecular weight is 295 g/mol. The fraction of sp³-hybridized carbons (Fsp3) is 0.647. The first-order valence-corrected chi connectivity index (χ1v) is 9.25. The Morgan fingerprint density at radius 1 is 1.10 bits per heavy atom. The maximum absolute atomic E-state index is 12.1. The van der Waals surface area contributed by atoms with E-state index in [1.54, 1.807) is 0 Å². The summed E-state index contributed by atoms with van der Waals surface area (Å²) >= 11 is 0. The third kappa shape index (κ3) is 5.76. The van der Waals surface area contributed by atoms with E-state index in [2.05, 4.69) is 57.3 Å². The molecule has 0 aliphatic rings. The second kappa shape index (κ2) is 9.30. The molecular formula is C17H29NOS. The topological polar surface area (TPSA) is 29.1 Å². The molecule has 3 heteroatoms. The number of nitrogens with one attached hydrogen (secondary N) is 1. The molecule has 114 valence electrons. The highest BCUT2D eigenvalue weighted by Crippen LogP contribution is 2.19. The molecule has 1 rings (SSSR count). The summed E-state index contributed by atoms with van der Waals surface area (Å²) in [5.74, 6) is 2.09. The lowest BCUT2D eigenvalue weighted by Crippen LogP contribution is -2.26. The first-order valence-electron chi connectivity index (χ1n) is 7.76. The van der Waals surface area contributed by atoms with E-state index in [0.717, 1.165) is 30.9 Å². The van der Waals surface area contributed by atoms with Gasteiger partial charge in [0.15, 0.2) is 0 Å². The zero-order chi connectivity index (χ0) is 15.0. The van der Waals surface area contributed by atoms with Crippen LogP contribution in [0.1, 0.15) is 63.6 Å². The van der Waals surface area contributed by atoms with E-state index in [1.165, 1.54) is 11.1 Å². The summed E-state index contributed by atoms with van der Waals surface area (Å²) in [6.07, 6.45) is 2.17. The Labute approximate surface area is 126 Å². The van der Waals surface area contributed by atoms with Gasteiger partial charge in [-0.05, 0) is 30.0 Å². The van der Waals surface area contributed by atoms with Crippen molar-refractivity contribution in [2.75, 3.05) is 18.1 Å². The Kier molecular flexibility index (Phi) is 8.08. The van der Waals surface area contributed by atoms with Crippen molar-refractivity contribution >= 4 is 10.8 Å². The van der Waals surface area contributed by atoms with Crippen molar-refractivity contribution in [3.05, 3.63) is 35.4 Å². The van der Waals surface area contributed by atoms with Gasteiger partial charge in [0.05, 0.1) is 0 Å². The van der Waals surface area contributed by atoms with Crippen molar-refractivity contribution in [2.24, 2.45) is 0 Å². The van der Waals surface area contributed by atoms with Gasteiger partial charge in [0, 0.05) is 28.3 Å². The van der Waals surface area contributed by atoms with Gasteiger partial charge in [0.25, 0.3) is 0 Å². The van der Waals surface area contributed by atoms with Crippen molar-refractivity contribution in [3.63, 3.8) is 0 Å². The predicted octanol–water partition coefficient (Wildman–Crippen LogP) is 4.01. The molecule has 0 spiro atoms. The Bertz CT molecular complexity index is 400. The fourth-order valence-electron chi connectivity index (χ4n) is 2.21.